The summed E-state index contributed by atoms with van der Waals surface area (Å²) in [6, 6.07) is 0.491. The first-order chi connectivity index (χ1) is 8.16. The second kappa shape index (κ2) is 5.63. The van der Waals surface area contributed by atoms with Gasteiger partial charge in [-0.3, -0.25) is 4.68 Å². The summed E-state index contributed by atoms with van der Waals surface area (Å²) in [4.78, 5) is 4.69. The van der Waals surface area contributed by atoms with E-state index in [4.69, 9.17) is 4.98 Å². The summed E-state index contributed by atoms with van der Waals surface area (Å²) in [5.41, 5.74) is 0. The second-order valence-corrected chi connectivity index (χ2v) is 5.38. The van der Waals surface area contributed by atoms with Crippen molar-refractivity contribution >= 4 is 0 Å². The molecule has 0 atom stereocenters. The lowest BCUT2D eigenvalue weighted by molar-refractivity contribution is 0.427. The van der Waals surface area contributed by atoms with Gasteiger partial charge in [0.25, 0.3) is 0 Å². The Balaban J connectivity index is 2.01. The molecule has 0 amide bonds. The third kappa shape index (κ3) is 3.28. The van der Waals surface area contributed by atoms with Crippen molar-refractivity contribution in [3.63, 3.8) is 0 Å². The molecular weight excluding hydrogens is 212 g/mol. The van der Waals surface area contributed by atoms with E-state index in [9.17, 15) is 0 Å². The lowest BCUT2D eigenvalue weighted by Crippen LogP contribution is -2.23. The molecular formula is C13H24N4. The van der Waals surface area contributed by atoms with E-state index >= 15 is 0 Å². The third-order valence-electron chi connectivity index (χ3n) is 3.51. The maximum Gasteiger partial charge on any atom is 0.154 e. The minimum atomic E-state index is 0.491. The highest BCUT2D eigenvalue weighted by atomic mass is 15.3. The highest BCUT2D eigenvalue weighted by molar-refractivity contribution is 5.00. The first kappa shape index (κ1) is 12.6. The highest BCUT2D eigenvalue weighted by Gasteiger charge is 2.20. The summed E-state index contributed by atoms with van der Waals surface area (Å²) in [7, 11) is 2.00. The van der Waals surface area contributed by atoms with E-state index in [1.165, 1.54) is 32.1 Å². The molecule has 96 valence electrons. The molecule has 0 bridgehead atoms. The van der Waals surface area contributed by atoms with Crippen LogP contribution in [0.15, 0.2) is 0 Å². The Morgan fingerprint density at radius 3 is 2.65 bits per heavy atom. The van der Waals surface area contributed by atoms with Crippen molar-refractivity contribution in [2.75, 3.05) is 0 Å². The Hall–Kier alpha value is -0.900. The number of nitrogens with zero attached hydrogens (tertiary/aromatic N) is 3. The van der Waals surface area contributed by atoms with Crippen molar-refractivity contribution in [1.82, 2.24) is 20.1 Å². The van der Waals surface area contributed by atoms with Crippen LogP contribution in [0.5, 0.6) is 0 Å². The Labute approximate surface area is 104 Å². The zero-order valence-electron chi connectivity index (χ0n) is 11.2. The van der Waals surface area contributed by atoms with Gasteiger partial charge in [-0.05, 0) is 12.8 Å². The molecule has 1 aromatic rings. The van der Waals surface area contributed by atoms with Crippen LogP contribution in [-0.2, 0) is 13.6 Å². The zero-order chi connectivity index (χ0) is 12.3. The van der Waals surface area contributed by atoms with Crippen LogP contribution in [0, 0.1) is 0 Å². The minimum Gasteiger partial charge on any atom is -0.308 e. The van der Waals surface area contributed by atoms with Crippen molar-refractivity contribution in [2.45, 2.75) is 64.5 Å². The molecule has 0 saturated heterocycles. The number of aromatic nitrogens is 3. The van der Waals surface area contributed by atoms with Crippen LogP contribution >= 0.6 is 0 Å². The monoisotopic (exact) mass is 236 g/mol. The minimum absolute atomic E-state index is 0.491. The predicted octanol–water partition coefficient (Wildman–Crippen LogP) is 2.36. The van der Waals surface area contributed by atoms with Crippen molar-refractivity contribution in [3.8, 4) is 0 Å². The third-order valence-corrected chi connectivity index (χ3v) is 3.51. The molecule has 0 spiro atoms. The normalized spacial score (nSPS) is 17.9. The second-order valence-electron chi connectivity index (χ2n) is 5.38. The number of nitrogens with one attached hydrogen (secondary N) is 1. The average molecular weight is 236 g/mol. The Morgan fingerprint density at radius 1 is 1.29 bits per heavy atom. The molecule has 1 N–H and O–H groups in total. The van der Waals surface area contributed by atoms with E-state index in [-0.39, 0.29) is 0 Å². The SMILES string of the molecule is CC(C)NCc1nc(C2CCCCC2)nn1C. The van der Waals surface area contributed by atoms with Crippen molar-refractivity contribution in [3.05, 3.63) is 11.6 Å². The topological polar surface area (TPSA) is 42.7 Å². The molecule has 1 aromatic heterocycles. The lowest BCUT2D eigenvalue weighted by atomic mass is 9.89. The molecule has 2 rings (SSSR count). The van der Waals surface area contributed by atoms with E-state index < -0.39 is 0 Å². The van der Waals surface area contributed by atoms with Crippen molar-refractivity contribution in [2.24, 2.45) is 7.05 Å². The molecule has 4 heteroatoms. The molecule has 4 nitrogen and oxygen atoms in total. The molecule has 1 fully saturated rings. The van der Waals surface area contributed by atoms with Gasteiger partial charge >= 0.3 is 0 Å². The van der Waals surface area contributed by atoms with E-state index in [2.05, 4.69) is 24.3 Å². The van der Waals surface area contributed by atoms with Crippen LogP contribution in [0.1, 0.15) is 63.5 Å². The van der Waals surface area contributed by atoms with Crippen LogP contribution in [-0.4, -0.2) is 20.8 Å². The largest absolute Gasteiger partial charge is 0.308 e. The molecule has 17 heavy (non-hydrogen) atoms. The summed E-state index contributed by atoms with van der Waals surface area (Å²) in [5, 5.41) is 7.97. The highest BCUT2D eigenvalue weighted by Crippen LogP contribution is 2.30. The number of aryl methyl sites for hydroxylation is 1. The molecule has 1 aliphatic carbocycles. The van der Waals surface area contributed by atoms with E-state index in [0.717, 1.165) is 18.2 Å². The van der Waals surface area contributed by atoms with Gasteiger partial charge in [0.2, 0.25) is 0 Å². The zero-order valence-corrected chi connectivity index (χ0v) is 11.2. The summed E-state index contributed by atoms with van der Waals surface area (Å²) >= 11 is 0. The van der Waals surface area contributed by atoms with Crippen LogP contribution in [0.25, 0.3) is 0 Å². The standard InChI is InChI=1S/C13H24N4/c1-10(2)14-9-12-15-13(16-17(12)3)11-7-5-4-6-8-11/h10-11,14H,4-9H2,1-3H3. The summed E-state index contributed by atoms with van der Waals surface area (Å²) < 4.78 is 1.93. The quantitative estimate of drug-likeness (QED) is 0.872. The van der Waals surface area contributed by atoms with Gasteiger partial charge in [0.05, 0.1) is 6.54 Å². The van der Waals surface area contributed by atoms with Crippen molar-refractivity contribution in [1.29, 1.82) is 0 Å². The van der Waals surface area contributed by atoms with E-state index in [1.54, 1.807) is 0 Å². The van der Waals surface area contributed by atoms with Crippen molar-refractivity contribution < 1.29 is 0 Å². The smallest absolute Gasteiger partial charge is 0.154 e. The molecule has 0 unspecified atom stereocenters. The van der Waals surface area contributed by atoms with Gasteiger partial charge in [-0.15, -0.1) is 0 Å². The van der Waals surface area contributed by atoms with Crippen LogP contribution in [0.4, 0.5) is 0 Å². The van der Waals surface area contributed by atoms with Gasteiger partial charge in [0.15, 0.2) is 5.82 Å². The van der Waals surface area contributed by atoms with Crippen LogP contribution < -0.4 is 5.32 Å². The van der Waals surface area contributed by atoms with Gasteiger partial charge in [0, 0.05) is 19.0 Å². The van der Waals surface area contributed by atoms with Crippen LogP contribution in [0.3, 0.4) is 0 Å². The Morgan fingerprint density at radius 2 is 2.00 bits per heavy atom. The molecule has 1 aliphatic rings. The van der Waals surface area contributed by atoms with Gasteiger partial charge in [0.1, 0.15) is 5.82 Å². The number of hydrogen-bond acceptors (Lipinski definition) is 3. The Bertz CT molecular complexity index is 350. The fraction of sp³-hybridized carbons (Fsp3) is 0.846. The van der Waals surface area contributed by atoms with Gasteiger partial charge < -0.3 is 5.32 Å². The molecule has 1 heterocycles. The number of rotatable bonds is 4. The van der Waals surface area contributed by atoms with Crippen LogP contribution in [0.2, 0.25) is 0 Å². The van der Waals surface area contributed by atoms with Gasteiger partial charge in [-0.2, -0.15) is 5.10 Å². The first-order valence-corrected chi connectivity index (χ1v) is 6.80. The maximum absolute atomic E-state index is 4.69. The molecule has 0 aliphatic heterocycles. The summed E-state index contributed by atoms with van der Waals surface area (Å²) in [6.07, 6.45) is 6.58. The predicted molar refractivity (Wildman–Crippen MR) is 68.8 cm³/mol. The molecule has 0 aromatic carbocycles. The summed E-state index contributed by atoms with van der Waals surface area (Å²) in [5.74, 6) is 2.72. The van der Waals surface area contributed by atoms with E-state index in [0.29, 0.717) is 12.0 Å². The fourth-order valence-electron chi connectivity index (χ4n) is 2.42. The maximum atomic E-state index is 4.69. The fourth-order valence-corrected chi connectivity index (χ4v) is 2.42. The molecule has 0 radical (unpaired) electrons. The average Bonchev–Trinajstić information content (AvgIpc) is 2.69. The lowest BCUT2D eigenvalue weighted by Gasteiger charge is -2.18. The van der Waals surface area contributed by atoms with Gasteiger partial charge in [-0.1, -0.05) is 33.1 Å². The first-order valence-electron chi connectivity index (χ1n) is 6.80. The summed E-state index contributed by atoms with van der Waals surface area (Å²) in [6.45, 7) is 5.12. The van der Waals surface area contributed by atoms with Gasteiger partial charge in [-0.25, -0.2) is 4.98 Å². The molecule has 1 saturated carbocycles. The number of hydrogen-bond donors (Lipinski definition) is 1. The Kier molecular flexibility index (Phi) is 4.15. The van der Waals surface area contributed by atoms with E-state index in [1.807, 2.05) is 11.7 Å².